The molecule has 0 unspecified atom stereocenters. The molecular formula is C29H44N4. The maximum Gasteiger partial charge on any atom is 0.130 e. The molecule has 0 radical (unpaired) electrons. The van der Waals surface area contributed by atoms with E-state index in [4.69, 9.17) is 4.98 Å². The summed E-state index contributed by atoms with van der Waals surface area (Å²) in [5, 5.41) is 5.32. The minimum atomic E-state index is 0.560. The fourth-order valence-corrected chi connectivity index (χ4v) is 6.36. The molecule has 0 atom stereocenters. The molecule has 4 heteroatoms. The first-order valence-corrected chi connectivity index (χ1v) is 13.8. The number of hydrogen-bond donors (Lipinski definition) is 1. The monoisotopic (exact) mass is 448 g/mol. The number of hydrogen-bond acceptors (Lipinski definition) is 4. The third kappa shape index (κ3) is 5.22. The molecule has 3 heterocycles. The molecule has 1 N–H and O–H groups in total. The molecule has 2 aromatic rings. The number of benzene rings is 1. The Morgan fingerprint density at radius 1 is 0.970 bits per heavy atom. The van der Waals surface area contributed by atoms with E-state index in [2.05, 4.69) is 48.0 Å². The van der Waals surface area contributed by atoms with Gasteiger partial charge in [-0.05, 0) is 139 Å². The van der Waals surface area contributed by atoms with E-state index < -0.39 is 0 Å². The Balaban J connectivity index is 1.30. The van der Waals surface area contributed by atoms with Crippen LogP contribution in [0.25, 0.3) is 10.9 Å². The third-order valence-electron chi connectivity index (χ3n) is 8.49. The van der Waals surface area contributed by atoms with E-state index in [1.807, 2.05) is 0 Å². The Bertz CT molecular complexity index is 952. The summed E-state index contributed by atoms with van der Waals surface area (Å²) in [6.07, 6.45) is 12.7. The number of fused-ring (bicyclic) bond motifs is 3. The lowest BCUT2D eigenvalue weighted by atomic mass is 9.96. The van der Waals surface area contributed by atoms with Crippen LogP contribution in [0.1, 0.15) is 81.0 Å². The molecule has 33 heavy (non-hydrogen) atoms. The van der Waals surface area contributed by atoms with E-state index >= 15 is 0 Å². The van der Waals surface area contributed by atoms with Crippen molar-refractivity contribution in [2.45, 2.75) is 97.1 Å². The highest BCUT2D eigenvalue weighted by Gasteiger charge is 2.25. The van der Waals surface area contributed by atoms with Crippen molar-refractivity contribution in [3.05, 3.63) is 34.4 Å². The molecule has 0 saturated carbocycles. The molecule has 0 bridgehead atoms. The Kier molecular flexibility index (Phi) is 7.22. The van der Waals surface area contributed by atoms with Crippen molar-refractivity contribution in [2.75, 3.05) is 38.0 Å². The molecule has 4 nitrogen and oxygen atoms in total. The van der Waals surface area contributed by atoms with E-state index in [1.54, 1.807) is 5.56 Å². The Hall–Kier alpha value is -1.65. The molecule has 3 aliphatic rings. The minimum Gasteiger partial charge on any atom is -0.367 e. The van der Waals surface area contributed by atoms with Crippen LogP contribution in [-0.4, -0.2) is 59.6 Å². The van der Waals surface area contributed by atoms with Crippen LogP contribution in [0, 0.1) is 6.92 Å². The summed E-state index contributed by atoms with van der Waals surface area (Å²) in [4.78, 5) is 10.5. The van der Waals surface area contributed by atoms with Crippen molar-refractivity contribution in [2.24, 2.45) is 0 Å². The lowest BCUT2D eigenvalue weighted by molar-refractivity contribution is 0.177. The van der Waals surface area contributed by atoms with E-state index in [1.165, 1.54) is 130 Å². The summed E-state index contributed by atoms with van der Waals surface area (Å²) in [6, 6.07) is 6.09. The van der Waals surface area contributed by atoms with Gasteiger partial charge in [0.05, 0.1) is 5.52 Å². The second-order valence-electron chi connectivity index (χ2n) is 11.1. The molecule has 5 rings (SSSR count). The molecule has 0 spiro atoms. The van der Waals surface area contributed by atoms with Crippen molar-refractivity contribution in [1.29, 1.82) is 0 Å². The van der Waals surface area contributed by atoms with E-state index in [-0.39, 0.29) is 0 Å². The van der Waals surface area contributed by atoms with Crippen LogP contribution in [0.15, 0.2) is 12.1 Å². The SMILES string of the molecule is Cc1cc2c3c(c(NC4CCN(C(C)C)CC4)nc2cc1CCCCN1CCCC1)CCC3. The van der Waals surface area contributed by atoms with Gasteiger partial charge in [0.2, 0.25) is 0 Å². The fraction of sp³-hybridized carbons (Fsp3) is 0.690. The molecular weight excluding hydrogens is 404 g/mol. The summed E-state index contributed by atoms with van der Waals surface area (Å²) in [5.41, 5.74) is 7.27. The van der Waals surface area contributed by atoms with Crippen LogP contribution in [-0.2, 0) is 19.3 Å². The highest BCUT2D eigenvalue weighted by atomic mass is 15.2. The lowest BCUT2D eigenvalue weighted by Gasteiger charge is -2.35. The topological polar surface area (TPSA) is 31.4 Å². The molecule has 180 valence electrons. The minimum absolute atomic E-state index is 0.560. The average Bonchev–Trinajstić information content (AvgIpc) is 3.50. The number of aryl methyl sites for hydroxylation is 3. The van der Waals surface area contributed by atoms with Crippen LogP contribution in [0.2, 0.25) is 0 Å². The molecule has 0 amide bonds. The maximum absolute atomic E-state index is 5.26. The van der Waals surface area contributed by atoms with Gasteiger partial charge < -0.3 is 15.1 Å². The fourth-order valence-electron chi connectivity index (χ4n) is 6.36. The van der Waals surface area contributed by atoms with Gasteiger partial charge in [-0.25, -0.2) is 4.98 Å². The highest BCUT2D eigenvalue weighted by Crippen LogP contribution is 2.36. The van der Waals surface area contributed by atoms with E-state index in [9.17, 15) is 0 Å². The van der Waals surface area contributed by atoms with Crippen LogP contribution in [0.5, 0.6) is 0 Å². The smallest absolute Gasteiger partial charge is 0.130 e. The second-order valence-corrected chi connectivity index (χ2v) is 11.1. The molecule has 1 aliphatic carbocycles. The Morgan fingerprint density at radius 3 is 2.48 bits per heavy atom. The van der Waals surface area contributed by atoms with Crippen LogP contribution >= 0.6 is 0 Å². The van der Waals surface area contributed by atoms with Gasteiger partial charge in [-0.1, -0.05) is 0 Å². The van der Waals surface area contributed by atoms with Gasteiger partial charge in [0.25, 0.3) is 0 Å². The van der Waals surface area contributed by atoms with Crippen molar-refractivity contribution in [3.8, 4) is 0 Å². The Morgan fingerprint density at radius 2 is 1.73 bits per heavy atom. The standard InChI is InChI=1S/C29H44N4/c1-21(2)33-17-12-24(13-18-33)30-29-26-11-8-10-25(26)27-19-22(3)23(20-28(27)31-29)9-4-5-14-32-15-6-7-16-32/h19-21,24H,4-18H2,1-3H3,(H,30,31). The molecule has 1 aromatic heterocycles. The highest BCUT2D eigenvalue weighted by molar-refractivity contribution is 5.88. The summed E-state index contributed by atoms with van der Waals surface area (Å²) >= 11 is 0. The van der Waals surface area contributed by atoms with Crippen molar-refractivity contribution < 1.29 is 0 Å². The first kappa shape index (κ1) is 23.1. The number of rotatable bonds is 8. The van der Waals surface area contributed by atoms with Gasteiger partial charge in [0, 0.05) is 30.6 Å². The zero-order valence-corrected chi connectivity index (χ0v) is 21.3. The van der Waals surface area contributed by atoms with Gasteiger partial charge in [-0.3, -0.25) is 0 Å². The zero-order valence-electron chi connectivity index (χ0n) is 21.3. The summed E-state index contributed by atoms with van der Waals surface area (Å²) in [7, 11) is 0. The zero-order chi connectivity index (χ0) is 22.8. The largest absolute Gasteiger partial charge is 0.367 e. The normalized spacial score (nSPS) is 20.2. The molecule has 2 saturated heterocycles. The number of likely N-dealkylation sites (tertiary alicyclic amines) is 2. The number of aromatic nitrogens is 1. The van der Waals surface area contributed by atoms with Crippen LogP contribution in [0.4, 0.5) is 5.82 Å². The van der Waals surface area contributed by atoms with E-state index in [0.29, 0.717) is 12.1 Å². The van der Waals surface area contributed by atoms with Gasteiger partial charge in [0.1, 0.15) is 5.82 Å². The summed E-state index contributed by atoms with van der Waals surface area (Å²) in [6.45, 7) is 13.3. The lowest BCUT2D eigenvalue weighted by Crippen LogP contribution is -2.42. The number of nitrogens with zero attached hydrogens (tertiary/aromatic N) is 3. The third-order valence-corrected chi connectivity index (χ3v) is 8.49. The number of piperidine rings is 1. The predicted octanol–water partition coefficient (Wildman–Crippen LogP) is 5.74. The van der Waals surface area contributed by atoms with Gasteiger partial charge >= 0.3 is 0 Å². The van der Waals surface area contributed by atoms with Crippen molar-refractivity contribution in [3.63, 3.8) is 0 Å². The quantitative estimate of drug-likeness (QED) is 0.522. The Labute approximate surface area is 201 Å². The van der Waals surface area contributed by atoms with Gasteiger partial charge in [0.15, 0.2) is 0 Å². The molecule has 1 aromatic carbocycles. The number of unbranched alkanes of at least 4 members (excludes halogenated alkanes) is 1. The summed E-state index contributed by atoms with van der Waals surface area (Å²) in [5.74, 6) is 1.20. The maximum atomic E-state index is 5.26. The average molecular weight is 449 g/mol. The van der Waals surface area contributed by atoms with Crippen molar-refractivity contribution in [1.82, 2.24) is 14.8 Å². The van der Waals surface area contributed by atoms with Gasteiger partial charge in [-0.2, -0.15) is 0 Å². The van der Waals surface area contributed by atoms with Crippen LogP contribution < -0.4 is 5.32 Å². The number of nitrogens with one attached hydrogen (secondary N) is 1. The van der Waals surface area contributed by atoms with E-state index in [0.717, 1.165) is 0 Å². The van der Waals surface area contributed by atoms with Crippen molar-refractivity contribution >= 4 is 16.7 Å². The molecule has 2 fully saturated rings. The van der Waals surface area contributed by atoms with Gasteiger partial charge in [-0.15, -0.1) is 0 Å². The number of pyridine rings is 1. The number of anilines is 1. The first-order chi connectivity index (χ1) is 16.1. The second kappa shape index (κ2) is 10.3. The van der Waals surface area contributed by atoms with Crippen LogP contribution in [0.3, 0.4) is 0 Å². The summed E-state index contributed by atoms with van der Waals surface area (Å²) < 4.78 is 0. The predicted molar refractivity (Wildman–Crippen MR) is 140 cm³/mol. The molecule has 2 aliphatic heterocycles. The first-order valence-electron chi connectivity index (χ1n) is 13.8.